The van der Waals surface area contributed by atoms with E-state index in [-0.39, 0.29) is 17.8 Å². The van der Waals surface area contributed by atoms with Crippen LogP contribution in [0.3, 0.4) is 0 Å². The van der Waals surface area contributed by atoms with Crippen molar-refractivity contribution in [3.63, 3.8) is 0 Å². The molecule has 1 N–H and O–H groups in total. The number of halogens is 3. The highest BCUT2D eigenvalue weighted by molar-refractivity contribution is 8.00. The summed E-state index contributed by atoms with van der Waals surface area (Å²) in [5.41, 5.74) is -4.39. The highest BCUT2D eigenvalue weighted by Gasteiger charge is 2.34. The average Bonchev–Trinajstić information content (AvgIpc) is 2.81. The Kier molecular flexibility index (Phi) is 4.59. The van der Waals surface area contributed by atoms with Crippen molar-refractivity contribution < 1.29 is 18.0 Å². The second kappa shape index (κ2) is 6.04. The zero-order valence-corrected chi connectivity index (χ0v) is 11.7. The van der Waals surface area contributed by atoms with Crippen molar-refractivity contribution in [2.75, 3.05) is 25.4 Å². The van der Waals surface area contributed by atoms with Gasteiger partial charge in [-0.25, -0.2) is 4.98 Å². The van der Waals surface area contributed by atoms with E-state index >= 15 is 0 Å². The lowest BCUT2D eigenvalue weighted by Crippen LogP contribution is -2.50. The molecule has 5 nitrogen and oxygen atoms in total. The van der Waals surface area contributed by atoms with Crippen molar-refractivity contribution in [2.45, 2.75) is 11.6 Å². The molecule has 1 aliphatic heterocycles. The maximum Gasteiger partial charge on any atom is 0.442 e. The van der Waals surface area contributed by atoms with Crippen molar-refractivity contribution in [1.82, 2.24) is 19.8 Å². The predicted octanol–water partition coefficient (Wildman–Crippen LogP) is 1.15. The first-order valence-corrected chi connectivity index (χ1v) is 7.05. The van der Waals surface area contributed by atoms with Crippen molar-refractivity contribution in [3.05, 3.63) is 18.2 Å². The topological polar surface area (TPSA) is 50.2 Å². The number of aryl methyl sites for hydroxylation is 1. The van der Waals surface area contributed by atoms with Crippen LogP contribution in [0, 0.1) is 0 Å². The van der Waals surface area contributed by atoms with Crippen LogP contribution < -0.4 is 5.32 Å². The van der Waals surface area contributed by atoms with Crippen molar-refractivity contribution >= 4 is 17.7 Å². The van der Waals surface area contributed by atoms with E-state index in [1.54, 1.807) is 24.0 Å². The number of piperazine rings is 1. The van der Waals surface area contributed by atoms with E-state index in [1.165, 1.54) is 4.90 Å². The third-order valence-electron chi connectivity index (χ3n) is 3.08. The number of aromatic nitrogens is 2. The van der Waals surface area contributed by atoms with E-state index in [0.29, 0.717) is 25.5 Å². The fourth-order valence-corrected chi connectivity index (χ4v) is 2.61. The fraction of sp³-hybridized carbons (Fsp3) is 0.636. The third-order valence-corrected chi connectivity index (χ3v) is 3.80. The molecule has 1 atom stereocenters. The summed E-state index contributed by atoms with van der Waals surface area (Å²) in [6, 6.07) is -0.329. The average molecular weight is 308 g/mol. The Morgan fingerprint density at radius 1 is 1.60 bits per heavy atom. The minimum absolute atomic E-state index is 0.300. The number of imidazole rings is 1. The number of alkyl halides is 3. The summed E-state index contributed by atoms with van der Waals surface area (Å²) >= 11 is -0.300. The number of thioether (sulfide) groups is 1. The first kappa shape index (κ1) is 15.2. The molecule has 2 heterocycles. The van der Waals surface area contributed by atoms with Gasteiger partial charge in [-0.3, -0.25) is 4.79 Å². The van der Waals surface area contributed by atoms with Crippen LogP contribution in [0.2, 0.25) is 0 Å². The number of carbonyl (C=O) groups is 1. The summed E-state index contributed by atoms with van der Waals surface area (Å²) in [6.07, 6.45) is 3.36. The number of rotatable bonds is 3. The molecule has 1 aromatic rings. The molecule has 0 spiro atoms. The Bertz CT molecular complexity index is 476. The molecule has 1 fully saturated rings. The van der Waals surface area contributed by atoms with Gasteiger partial charge in [0.15, 0.2) is 0 Å². The predicted molar refractivity (Wildman–Crippen MR) is 69.0 cm³/mol. The Morgan fingerprint density at radius 2 is 2.35 bits per heavy atom. The van der Waals surface area contributed by atoms with Crippen LogP contribution in [0.5, 0.6) is 0 Å². The lowest BCUT2D eigenvalue weighted by atomic mass is 10.1. The molecule has 0 aliphatic carbocycles. The van der Waals surface area contributed by atoms with Gasteiger partial charge in [-0.1, -0.05) is 0 Å². The van der Waals surface area contributed by atoms with Gasteiger partial charge in [-0.15, -0.1) is 0 Å². The molecule has 1 unspecified atom stereocenters. The van der Waals surface area contributed by atoms with E-state index in [2.05, 4.69) is 10.3 Å². The van der Waals surface area contributed by atoms with E-state index in [0.717, 1.165) is 0 Å². The quantitative estimate of drug-likeness (QED) is 0.910. The Hall–Kier alpha value is -1.22. The molecule has 1 aromatic heterocycles. The van der Waals surface area contributed by atoms with Gasteiger partial charge in [0.2, 0.25) is 5.91 Å². The Balaban J connectivity index is 2.07. The van der Waals surface area contributed by atoms with Gasteiger partial charge in [0.25, 0.3) is 0 Å². The highest BCUT2D eigenvalue weighted by Crippen LogP contribution is 2.31. The first-order valence-electron chi connectivity index (χ1n) is 6.06. The number of nitrogens with one attached hydrogen (secondary N) is 1. The van der Waals surface area contributed by atoms with E-state index in [9.17, 15) is 18.0 Å². The number of amides is 1. The smallest absolute Gasteiger partial charge is 0.336 e. The second-order valence-electron chi connectivity index (χ2n) is 4.44. The molecule has 9 heteroatoms. The summed E-state index contributed by atoms with van der Waals surface area (Å²) in [6.45, 7) is 1.45. The summed E-state index contributed by atoms with van der Waals surface area (Å²) in [7, 11) is 1.80. The van der Waals surface area contributed by atoms with Crippen LogP contribution in [-0.2, 0) is 11.8 Å². The fourth-order valence-electron chi connectivity index (χ4n) is 2.16. The molecule has 20 heavy (non-hydrogen) atoms. The summed E-state index contributed by atoms with van der Waals surface area (Å²) in [5, 5.41) is 3.13. The van der Waals surface area contributed by atoms with Gasteiger partial charge in [0.1, 0.15) is 11.9 Å². The maximum absolute atomic E-state index is 12.2. The van der Waals surface area contributed by atoms with Gasteiger partial charge in [-0.2, -0.15) is 13.2 Å². The molecule has 1 amide bonds. The molecular formula is C11H15F3N4OS. The summed E-state index contributed by atoms with van der Waals surface area (Å²) in [5.74, 6) is -0.436. The van der Waals surface area contributed by atoms with Crippen molar-refractivity contribution in [2.24, 2.45) is 7.05 Å². The zero-order chi connectivity index (χ0) is 14.8. The van der Waals surface area contributed by atoms with Gasteiger partial charge in [0.05, 0.1) is 5.75 Å². The summed E-state index contributed by atoms with van der Waals surface area (Å²) < 4.78 is 38.3. The molecule has 0 saturated carbocycles. The van der Waals surface area contributed by atoms with Crippen LogP contribution in [-0.4, -0.2) is 51.3 Å². The van der Waals surface area contributed by atoms with Gasteiger partial charge >= 0.3 is 5.51 Å². The van der Waals surface area contributed by atoms with Crippen LogP contribution in [0.25, 0.3) is 0 Å². The van der Waals surface area contributed by atoms with Gasteiger partial charge < -0.3 is 14.8 Å². The normalized spacial score (nSPS) is 20.2. The minimum atomic E-state index is -4.39. The van der Waals surface area contributed by atoms with Crippen molar-refractivity contribution in [1.29, 1.82) is 0 Å². The third kappa shape index (κ3) is 3.66. The van der Waals surface area contributed by atoms with Crippen LogP contribution in [0.4, 0.5) is 13.2 Å². The van der Waals surface area contributed by atoms with Crippen LogP contribution >= 0.6 is 11.8 Å². The standard InChI is InChI=1S/C11H15F3N4OS/c1-17-4-3-16-10(17)8-6-15-2-5-18(8)9(19)7-20-11(12,13)14/h3-4,8,15H,2,5-7H2,1H3. The molecule has 0 radical (unpaired) electrons. The zero-order valence-electron chi connectivity index (χ0n) is 10.9. The lowest BCUT2D eigenvalue weighted by molar-refractivity contribution is -0.132. The number of nitrogens with zero attached hydrogens (tertiary/aromatic N) is 3. The van der Waals surface area contributed by atoms with Gasteiger partial charge in [-0.05, 0) is 11.8 Å². The maximum atomic E-state index is 12.2. The molecule has 2 rings (SSSR count). The Labute approximate surface area is 118 Å². The van der Waals surface area contributed by atoms with Crippen LogP contribution in [0.1, 0.15) is 11.9 Å². The molecule has 0 bridgehead atoms. The molecule has 112 valence electrons. The van der Waals surface area contributed by atoms with Gasteiger partial charge in [0, 0.05) is 39.1 Å². The molecule has 1 aliphatic rings. The van der Waals surface area contributed by atoms with E-state index in [4.69, 9.17) is 0 Å². The largest absolute Gasteiger partial charge is 0.442 e. The SMILES string of the molecule is Cn1ccnc1C1CNCCN1C(=O)CSC(F)(F)F. The lowest BCUT2D eigenvalue weighted by Gasteiger charge is -2.35. The molecular weight excluding hydrogens is 293 g/mol. The summed E-state index contributed by atoms with van der Waals surface area (Å²) in [4.78, 5) is 17.7. The Morgan fingerprint density at radius 3 is 2.95 bits per heavy atom. The second-order valence-corrected chi connectivity index (χ2v) is 5.48. The van der Waals surface area contributed by atoms with Crippen LogP contribution in [0.15, 0.2) is 12.4 Å². The van der Waals surface area contributed by atoms with E-state index in [1.807, 2.05) is 0 Å². The number of carbonyl (C=O) groups excluding carboxylic acids is 1. The monoisotopic (exact) mass is 308 g/mol. The van der Waals surface area contributed by atoms with Crippen molar-refractivity contribution in [3.8, 4) is 0 Å². The number of hydrogen-bond acceptors (Lipinski definition) is 4. The minimum Gasteiger partial charge on any atom is -0.336 e. The highest BCUT2D eigenvalue weighted by atomic mass is 32.2. The van der Waals surface area contributed by atoms with E-state index < -0.39 is 17.2 Å². The number of hydrogen-bond donors (Lipinski definition) is 1. The molecule has 1 saturated heterocycles. The molecule has 0 aromatic carbocycles. The first-order chi connectivity index (χ1) is 9.38.